The van der Waals surface area contributed by atoms with Crippen molar-refractivity contribution in [2.45, 2.75) is 13.8 Å². The third-order valence-corrected chi connectivity index (χ3v) is 2.76. The van der Waals surface area contributed by atoms with Crippen LogP contribution in [0.25, 0.3) is 10.8 Å². The lowest BCUT2D eigenvalue weighted by Crippen LogP contribution is -2.06. The van der Waals surface area contributed by atoms with Crippen LogP contribution in [0.4, 0.5) is 5.69 Å². The molecule has 0 atom stereocenters. The molecule has 0 aliphatic carbocycles. The zero-order valence-electron chi connectivity index (χ0n) is 9.95. The molecule has 2 aromatic rings. The van der Waals surface area contributed by atoms with E-state index in [4.69, 9.17) is 5.11 Å². The maximum atomic E-state index is 11.2. The topological polar surface area (TPSA) is 49.3 Å². The molecule has 0 spiro atoms. The minimum atomic E-state index is -0.900. The Morgan fingerprint density at radius 2 is 2.06 bits per heavy atom. The van der Waals surface area contributed by atoms with Gasteiger partial charge in [-0.3, -0.25) is 0 Å². The van der Waals surface area contributed by atoms with Gasteiger partial charge in [0.2, 0.25) is 0 Å². The van der Waals surface area contributed by atoms with E-state index < -0.39 is 5.97 Å². The summed E-state index contributed by atoms with van der Waals surface area (Å²) in [5.41, 5.74) is 2.20. The second-order valence-electron chi connectivity index (χ2n) is 4.05. The van der Waals surface area contributed by atoms with Gasteiger partial charge in [0.15, 0.2) is 0 Å². The third kappa shape index (κ3) is 2.09. The number of hydrogen-bond donors (Lipinski definition) is 2. The second kappa shape index (κ2) is 4.45. The summed E-state index contributed by atoms with van der Waals surface area (Å²) in [5.74, 6) is -0.900. The molecule has 17 heavy (non-hydrogen) atoms. The molecule has 0 unspecified atom stereocenters. The van der Waals surface area contributed by atoms with Crippen LogP contribution in [0.15, 0.2) is 30.3 Å². The Bertz CT molecular complexity index is 576. The van der Waals surface area contributed by atoms with Gasteiger partial charge in [-0.1, -0.05) is 29.8 Å². The number of anilines is 1. The van der Waals surface area contributed by atoms with Crippen LogP contribution in [0.2, 0.25) is 0 Å². The summed E-state index contributed by atoms with van der Waals surface area (Å²) in [6.07, 6.45) is 0. The lowest BCUT2D eigenvalue weighted by atomic mass is 10.0. The molecule has 2 N–H and O–H groups in total. The molecule has 0 saturated carbocycles. The van der Waals surface area contributed by atoms with Crippen molar-refractivity contribution >= 4 is 22.4 Å². The third-order valence-electron chi connectivity index (χ3n) is 2.76. The Morgan fingerprint density at radius 3 is 2.71 bits per heavy atom. The van der Waals surface area contributed by atoms with Crippen molar-refractivity contribution in [1.29, 1.82) is 0 Å². The molecule has 0 heterocycles. The van der Waals surface area contributed by atoms with E-state index in [1.165, 1.54) is 5.56 Å². The molecule has 0 aliphatic rings. The summed E-state index contributed by atoms with van der Waals surface area (Å²) in [6.45, 7) is 4.68. The highest BCUT2D eigenvalue weighted by Crippen LogP contribution is 2.28. The fraction of sp³-hybridized carbons (Fsp3) is 0.214. The first-order valence-corrected chi connectivity index (χ1v) is 5.64. The number of rotatable bonds is 3. The first-order valence-electron chi connectivity index (χ1n) is 5.64. The van der Waals surface area contributed by atoms with Crippen LogP contribution < -0.4 is 5.32 Å². The fourth-order valence-electron chi connectivity index (χ4n) is 1.99. The SMILES string of the molecule is CCNc1c(C(=O)O)ccc2cc(C)ccc12. The summed E-state index contributed by atoms with van der Waals surface area (Å²) in [6, 6.07) is 9.53. The van der Waals surface area contributed by atoms with Gasteiger partial charge in [-0.2, -0.15) is 0 Å². The molecule has 0 aromatic heterocycles. The van der Waals surface area contributed by atoms with E-state index in [1.807, 2.05) is 32.0 Å². The molecular weight excluding hydrogens is 214 g/mol. The van der Waals surface area contributed by atoms with Crippen molar-refractivity contribution in [1.82, 2.24) is 0 Å². The van der Waals surface area contributed by atoms with E-state index >= 15 is 0 Å². The molecule has 88 valence electrons. The maximum absolute atomic E-state index is 11.2. The van der Waals surface area contributed by atoms with E-state index in [9.17, 15) is 4.79 Å². The quantitative estimate of drug-likeness (QED) is 0.849. The zero-order chi connectivity index (χ0) is 12.4. The van der Waals surface area contributed by atoms with E-state index in [0.717, 1.165) is 10.8 Å². The molecule has 0 radical (unpaired) electrons. The number of aryl methyl sites for hydroxylation is 1. The average Bonchev–Trinajstić information content (AvgIpc) is 2.28. The second-order valence-corrected chi connectivity index (χ2v) is 4.05. The number of hydrogen-bond acceptors (Lipinski definition) is 2. The Labute approximate surface area is 100 Å². The number of carboxylic acid groups (broad SMARTS) is 1. The van der Waals surface area contributed by atoms with Gasteiger partial charge in [-0.25, -0.2) is 4.79 Å². The molecule has 0 saturated heterocycles. The van der Waals surface area contributed by atoms with Gasteiger partial charge in [0, 0.05) is 11.9 Å². The Hall–Kier alpha value is -2.03. The lowest BCUT2D eigenvalue weighted by Gasteiger charge is -2.12. The minimum Gasteiger partial charge on any atom is -0.478 e. The molecule has 0 fully saturated rings. The Morgan fingerprint density at radius 1 is 1.29 bits per heavy atom. The van der Waals surface area contributed by atoms with Gasteiger partial charge in [0.05, 0.1) is 11.3 Å². The molecule has 2 rings (SSSR count). The van der Waals surface area contributed by atoms with Gasteiger partial charge < -0.3 is 10.4 Å². The van der Waals surface area contributed by atoms with E-state index in [0.29, 0.717) is 17.8 Å². The van der Waals surface area contributed by atoms with Crippen molar-refractivity contribution < 1.29 is 9.90 Å². The van der Waals surface area contributed by atoms with Crippen molar-refractivity contribution in [2.24, 2.45) is 0 Å². The summed E-state index contributed by atoms with van der Waals surface area (Å²) >= 11 is 0. The molecule has 0 bridgehead atoms. The van der Waals surface area contributed by atoms with Crippen LogP contribution in [-0.2, 0) is 0 Å². The van der Waals surface area contributed by atoms with E-state index in [2.05, 4.69) is 11.4 Å². The normalized spacial score (nSPS) is 10.5. The first kappa shape index (κ1) is 11.5. The number of aromatic carboxylic acids is 1. The number of carboxylic acids is 1. The zero-order valence-corrected chi connectivity index (χ0v) is 9.95. The lowest BCUT2D eigenvalue weighted by molar-refractivity contribution is 0.0698. The van der Waals surface area contributed by atoms with Crippen LogP contribution in [0.5, 0.6) is 0 Å². The van der Waals surface area contributed by atoms with Gasteiger partial charge >= 0.3 is 5.97 Å². The highest BCUT2D eigenvalue weighted by Gasteiger charge is 2.12. The summed E-state index contributed by atoms with van der Waals surface area (Å²) in [7, 11) is 0. The first-order chi connectivity index (χ1) is 8.13. The van der Waals surface area contributed by atoms with Gasteiger partial charge in [-0.15, -0.1) is 0 Å². The van der Waals surface area contributed by atoms with Crippen LogP contribution in [0.1, 0.15) is 22.8 Å². The van der Waals surface area contributed by atoms with E-state index in [-0.39, 0.29) is 0 Å². The predicted molar refractivity (Wildman–Crippen MR) is 69.8 cm³/mol. The van der Waals surface area contributed by atoms with Crippen molar-refractivity contribution in [2.75, 3.05) is 11.9 Å². The molecular formula is C14H15NO2. The highest BCUT2D eigenvalue weighted by molar-refractivity contribution is 6.05. The van der Waals surface area contributed by atoms with Crippen LogP contribution >= 0.6 is 0 Å². The summed E-state index contributed by atoms with van der Waals surface area (Å²) in [5, 5.41) is 14.3. The molecule has 0 amide bonds. The largest absolute Gasteiger partial charge is 0.478 e. The minimum absolute atomic E-state index is 0.322. The summed E-state index contributed by atoms with van der Waals surface area (Å²) in [4.78, 5) is 11.2. The predicted octanol–water partition coefficient (Wildman–Crippen LogP) is 3.28. The van der Waals surface area contributed by atoms with Crippen LogP contribution in [0, 0.1) is 6.92 Å². The molecule has 3 nitrogen and oxygen atoms in total. The molecule has 0 aliphatic heterocycles. The van der Waals surface area contributed by atoms with Crippen molar-refractivity contribution in [3.63, 3.8) is 0 Å². The number of nitrogens with one attached hydrogen (secondary N) is 1. The smallest absolute Gasteiger partial charge is 0.337 e. The maximum Gasteiger partial charge on any atom is 0.337 e. The Balaban J connectivity index is 2.74. The summed E-state index contributed by atoms with van der Waals surface area (Å²) < 4.78 is 0. The van der Waals surface area contributed by atoms with Gasteiger partial charge in [0.1, 0.15) is 0 Å². The monoisotopic (exact) mass is 229 g/mol. The number of benzene rings is 2. The van der Waals surface area contributed by atoms with Gasteiger partial charge in [-0.05, 0) is 25.3 Å². The number of fused-ring (bicyclic) bond motifs is 1. The number of carbonyl (C=O) groups is 1. The van der Waals surface area contributed by atoms with Crippen molar-refractivity contribution in [3.8, 4) is 0 Å². The highest BCUT2D eigenvalue weighted by atomic mass is 16.4. The molecule has 3 heteroatoms. The van der Waals surface area contributed by atoms with Crippen LogP contribution in [-0.4, -0.2) is 17.6 Å². The molecule has 2 aromatic carbocycles. The van der Waals surface area contributed by atoms with E-state index in [1.54, 1.807) is 6.07 Å². The van der Waals surface area contributed by atoms with Crippen molar-refractivity contribution in [3.05, 3.63) is 41.5 Å². The van der Waals surface area contributed by atoms with Crippen LogP contribution in [0.3, 0.4) is 0 Å². The fourth-order valence-corrected chi connectivity index (χ4v) is 1.99. The standard InChI is InChI=1S/C14H15NO2/c1-3-15-13-11-6-4-9(2)8-10(11)5-7-12(13)14(16)17/h4-8,15H,3H2,1-2H3,(H,16,17). The Kier molecular flexibility index (Phi) is 3.00. The average molecular weight is 229 g/mol. The van der Waals surface area contributed by atoms with Gasteiger partial charge in [0.25, 0.3) is 0 Å².